The van der Waals surface area contributed by atoms with Gasteiger partial charge in [-0.15, -0.1) is 5.10 Å². The van der Waals surface area contributed by atoms with Gasteiger partial charge in [0.15, 0.2) is 12.4 Å². The van der Waals surface area contributed by atoms with Crippen LogP contribution in [0.5, 0.6) is 5.75 Å². The summed E-state index contributed by atoms with van der Waals surface area (Å²) in [4.78, 5) is 31.1. The number of carbonyl (C=O) groups excluding carboxylic acids is 1. The first-order valence-electron chi connectivity index (χ1n) is 15.4. The Labute approximate surface area is 271 Å². The highest BCUT2D eigenvalue weighted by Gasteiger charge is 2.16. The van der Waals surface area contributed by atoms with Crippen molar-refractivity contribution in [2.45, 2.75) is 39.6 Å². The van der Waals surface area contributed by atoms with Gasteiger partial charge in [0.25, 0.3) is 11.5 Å². The Bertz CT molecular complexity index is 2040. The van der Waals surface area contributed by atoms with Crippen LogP contribution in [-0.4, -0.2) is 49.4 Å². The highest BCUT2D eigenvalue weighted by molar-refractivity contribution is 5.81. The summed E-state index contributed by atoms with van der Waals surface area (Å²) in [5, 5.41) is 15.4. The minimum atomic E-state index is -0.248. The van der Waals surface area contributed by atoms with Crippen molar-refractivity contribution in [1.82, 2.24) is 35.1 Å². The van der Waals surface area contributed by atoms with Gasteiger partial charge in [0, 0.05) is 25.6 Å². The number of methoxy groups -OCH3 is 1. The van der Waals surface area contributed by atoms with Crippen LogP contribution < -0.4 is 15.6 Å². The largest absolute Gasteiger partial charge is 0.484 e. The second-order valence-electron chi connectivity index (χ2n) is 11.1. The van der Waals surface area contributed by atoms with Crippen LogP contribution in [0, 0.1) is 0 Å². The second-order valence-corrected chi connectivity index (χ2v) is 11.1. The Morgan fingerprint density at radius 3 is 2.43 bits per heavy atom. The smallest absolute Gasteiger partial charge is 0.261 e. The number of nitrogens with one attached hydrogen (secondary N) is 1. The number of amides is 1. The standard InChI is InChI=1S/C36H35N7O4/c1-3-9-33-38-32-19-18-28(47-23-34(44)37-21-25-10-5-4-6-11-25)20-31(32)36(45)42(33)22-26-14-16-27(17-15-26)29-12-7-8-13-30(29)35-39-40-41-43(35)24-46-2/h4-8,10-20H,3,9,21-24H2,1-2H3,(H,37,44). The molecular weight excluding hydrogens is 594 g/mol. The average molecular weight is 630 g/mol. The molecule has 0 aliphatic carbocycles. The van der Waals surface area contributed by atoms with Crippen molar-refractivity contribution in [3.05, 3.63) is 124 Å². The number of rotatable bonds is 13. The van der Waals surface area contributed by atoms with E-state index in [4.69, 9.17) is 14.5 Å². The molecule has 1 N–H and O–H groups in total. The van der Waals surface area contributed by atoms with Crippen LogP contribution in [0.25, 0.3) is 33.4 Å². The first-order chi connectivity index (χ1) is 23.0. The number of tetrazole rings is 1. The fraction of sp³-hybridized carbons (Fsp3) is 0.222. The maximum absolute atomic E-state index is 13.9. The van der Waals surface area contributed by atoms with Crippen LogP contribution in [-0.2, 0) is 35.8 Å². The van der Waals surface area contributed by atoms with Gasteiger partial charge in [-0.1, -0.05) is 85.8 Å². The van der Waals surface area contributed by atoms with E-state index in [-0.39, 0.29) is 24.8 Å². The lowest BCUT2D eigenvalue weighted by atomic mass is 9.98. The SMILES string of the molecule is CCCc1nc2ccc(OCC(=O)NCc3ccccc3)cc2c(=O)n1Cc1ccc(-c2ccccc2-c2nnnn2COC)cc1. The molecule has 0 bridgehead atoms. The van der Waals surface area contributed by atoms with E-state index in [0.717, 1.165) is 40.1 Å². The van der Waals surface area contributed by atoms with E-state index in [1.807, 2.05) is 78.9 Å². The fourth-order valence-corrected chi connectivity index (χ4v) is 5.42. The molecule has 47 heavy (non-hydrogen) atoms. The minimum absolute atomic E-state index is 0.156. The summed E-state index contributed by atoms with van der Waals surface area (Å²) < 4.78 is 14.3. The summed E-state index contributed by atoms with van der Waals surface area (Å²) in [7, 11) is 1.60. The van der Waals surface area contributed by atoms with E-state index in [1.165, 1.54) is 0 Å². The van der Waals surface area contributed by atoms with Crippen molar-refractivity contribution >= 4 is 16.8 Å². The molecule has 0 saturated heterocycles. The first-order valence-corrected chi connectivity index (χ1v) is 15.4. The zero-order valence-corrected chi connectivity index (χ0v) is 26.3. The Morgan fingerprint density at radius 1 is 0.894 bits per heavy atom. The van der Waals surface area contributed by atoms with Crippen LogP contribution in [0.4, 0.5) is 0 Å². The molecule has 1 amide bonds. The van der Waals surface area contributed by atoms with E-state index in [0.29, 0.717) is 42.0 Å². The van der Waals surface area contributed by atoms with Crippen LogP contribution in [0.15, 0.2) is 102 Å². The zero-order valence-electron chi connectivity index (χ0n) is 26.3. The predicted molar refractivity (Wildman–Crippen MR) is 179 cm³/mol. The van der Waals surface area contributed by atoms with Crippen LogP contribution in [0.1, 0.15) is 30.3 Å². The van der Waals surface area contributed by atoms with Gasteiger partial charge in [0.05, 0.1) is 17.4 Å². The summed E-state index contributed by atoms with van der Waals surface area (Å²) in [6, 6.07) is 30.9. The molecular formula is C36H35N7O4. The van der Waals surface area contributed by atoms with Crippen LogP contribution >= 0.6 is 0 Å². The van der Waals surface area contributed by atoms with E-state index < -0.39 is 0 Å². The predicted octanol–water partition coefficient (Wildman–Crippen LogP) is 5.02. The third-order valence-corrected chi connectivity index (χ3v) is 7.74. The molecule has 0 aliphatic rings. The van der Waals surface area contributed by atoms with Crippen molar-refractivity contribution in [2.24, 2.45) is 0 Å². The van der Waals surface area contributed by atoms with Gasteiger partial charge in [-0.25, -0.2) is 4.98 Å². The first kappa shape index (κ1) is 31.3. The number of hydrogen-bond donors (Lipinski definition) is 1. The number of fused-ring (bicyclic) bond motifs is 1. The van der Waals surface area contributed by atoms with E-state index in [9.17, 15) is 9.59 Å². The highest BCUT2D eigenvalue weighted by Crippen LogP contribution is 2.31. The molecule has 0 saturated carbocycles. The molecule has 0 spiro atoms. The summed E-state index contributed by atoms with van der Waals surface area (Å²) in [5.41, 5.74) is 5.25. The summed E-state index contributed by atoms with van der Waals surface area (Å²) >= 11 is 0. The lowest BCUT2D eigenvalue weighted by Crippen LogP contribution is -2.28. The van der Waals surface area contributed by atoms with Crippen molar-refractivity contribution in [3.63, 3.8) is 0 Å². The fourth-order valence-electron chi connectivity index (χ4n) is 5.42. The molecule has 6 aromatic rings. The molecule has 0 aliphatic heterocycles. The number of aromatic nitrogens is 6. The number of carbonyl (C=O) groups is 1. The molecule has 238 valence electrons. The van der Waals surface area contributed by atoms with Crippen LogP contribution in [0.2, 0.25) is 0 Å². The molecule has 0 atom stereocenters. The van der Waals surface area contributed by atoms with E-state index >= 15 is 0 Å². The van der Waals surface area contributed by atoms with Crippen LogP contribution in [0.3, 0.4) is 0 Å². The van der Waals surface area contributed by atoms with Crippen molar-refractivity contribution in [2.75, 3.05) is 13.7 Å². The molecule has 11 nitrogen and oxygen atoms in total. The number of benzene rings is 4. The summed E-state index contributed by atoms with van der Waals surface area (Å²) in [6.45, 7) is 2.91. The Morgan fingerprint density at radius 2 is 1.66 bits per heavy atom. The number of hydrogen-bond acceptors (Lipinski definition) is 8. The average Bonchev–Trinajstić information content (AvgIpc) is 3.57. The van der Waals surface area contributed by atoms with Gasteiger partial charge >= 0.3 is 0 Å². The van der Waals surface area contributed by atoms with Crippen molar-refractivity contribution < 1.29 is 14.3 Å². The summed E-state index contributed by atoms with van der Waals surface area (Å²) in [6.07, 6.45) is 1.50. The lowest BCUT2D eigenvalue weighted by Gasteiger charge is -2.15. The molecule has 11 heteroatoms. The van der Waals surface area contributed by atoms with E-state index in [1.54, 1.807) is 34.6 Å². The molecule has 0 radical (unpaired) electrons. The maximum atomic E-state index is 13.9. The number of aryl methyl sites for hydroxylation is 1. The second kappa shape index (κ2) is 14.6. The third kappa shape index (κ3) is 7.26. The van der Waals surface area contributed by atoms with Gasteiger partial charge in [-0.05, 0) is 57.3 Å². The van der Waals surface area contributed by atoms with Gasteiger partial charge < -0.3 is 14.8 Å². The minimum Gasteiger partial charge on any atom is -0.484 e. The van der Waals surface area contributed by atoms with Gasteiger partial charge in [-0.3, -0.25) is 14.2 Å². The molecule has 0 fully saturated rings. The number of ether oxygens (including phenoxy) is 2. The van der Waals surface area contributed by atoms with E-state index in [2.05, 4.69) is 27.8 Å². The Balaban J connectivity index is 1.22. The van der Waals surface area contributed by atoms with Crippen molar-refractivity contribution in [3.8, 4) is 28.3 Å². The molecule has 0 unspecified atom stereocenters. The third-order valence-electron chi connectivity index (χ3n) is 7.74. The summed E-state index contributed by atoms with van der Waals surface area (Å²) in [5.74, 6) is 1.52. The number of nitrogens with zero attached hydrogens (tertiary/aromatic N) is 6. The molecule has 2 aromatic heterocycles. The topological polar surface area (TPSA) is 126 Å². The monoisotopic (exact) mass is 629 g/mol. The van der Waals surface area contributed by atoms with Gasteiger partial charge in [0.1, 0.15) is 18.3 Å². The highest BCUT2D eigenvalue weighted by atomic mass is 16.5. The zero-order chi connectivity index (χ0) is 32.6. The normalized spacial score (nSPS) is 11.1. The molecule has 4 aromatic carbocycles. The Kier molecular flexibility index (Phi) is 9.73. The Hall–Kier alpha value is -5.68. The quantitative estimate of drug-likeness (QED) is 0.189. The van der Waals surface area contributed by atoms with Crippen molar-refractivity contribution in [1.29, 1.82) is 0 Å². The maximum Gasteiger partial charge on any atom is 0.261 e. The molecule has 2 heterocycles. The van der Waals surface area contributed by atoms with Gasteiger partial charge in [0.2, 0.25) is 0 Å². The lowest BCUT2D eigenvalue weighted by molar-refractivity contribution is -0.123. The van der Waals surface area contributed by atoms with Gasteiger partial charge in [-0.2, -0.15) is 4.68 Å². The molecule has 6 rings (SSSR count).